The quantitative estimate of drug-likeness (QED) is 0.674. The molecule has 2 aromatic rings. The lowest BCUT2D eigenvalue weighted by atomic mass is 10.2. The van der Waals surface area contributed by atoms with E-state index < -0.39 is 0 Å². The number of benzene rings is 2. The first-order chi connectivity index (χ1) is 11.1. The predicted octanol–water partition coefficient (Wildman–Crippen LogP) is 3.89. The summed E-state index contributed by atoms with van der Waals surface area (Å²) in [7, 11) is 0. The van der Waals surface area contributed by atoms with Gasteiger partial charge in [-0.2, -0.15) is 0 Å². The van der Waals surface area contributed by atoms with Crippen LogP contribution in [0.25, 0.3) is 6.08 Å². The summed E-state index contributed by atoms with van der Waals surface area (Å²) in [5.41, 5.74) is 1.78. The van der Waals surface area contributed by atoms with Gasteiger partial charge in [-0.25, -0.2) is 4.39 Å². The molecule has 1 aliphatic heterocycles. The summed E-state index contributed by atoms with van der Waals surface area (Å²) in [6.07, 6.45) is 1.78. The van der Waals surface area contributed by atoms with Gasteiger partial charge < -0.3 is 10.1 Å². The number of hydrogen-bond donors (Lipinski definition) is 1. The molecule has 0 aromatic heterocycles. The van der Waals surface area contributed by atoms with E-state index in [1.807, 2.05) is 24.3 Å². The van der Waals surface area contributed by atoms with Crippen LogP contribution in [-0.2, 0) is 11.4 Å². The number of hydrogen-bond acceptors (Lipinski definition) is 4. The third kappa shape index (κ3) is 4.18. The zero-order valence-electron chi connectivity index (χ0n) is 11.9. The fourth-order valence-corrected chi connectivity index (χ4v) is 3.02. The van der Waals surface area contributed by atoms with E-state index in [2.05, 4.69) is 5.32 Å². The van der Waals surface area contributed by atoms with Crippen molar-refractivity contribution in [3.8, 4) is 5.75 Å². The third-order valence-corrected chi connectivity index (χ3v) is 4.30. The fraction of sp³-hybridized carbons (Fsp3) is 0.0588. The topological polar surface area (TPSA) is 38.3 Å². The minimum Gasteiger partial charge on any atom is -0.489 e. The van der Waals surface area contributed by atoms with Crippen molar-refractivity contribution >= 4 is 40.3 Å². The molecule has 0 aliphatic carbocycles. The Morgan fingerprint density at radius 2 is 1.83 bits per heavy atom. The highest BCUT2D eigenvalue weighted by Crippen LogP contribution is 2.26. The molecule has 1 amide bonds. The lowest BCUT2D eigenvalue weighted by Gasteiger charge is -2.06. The van der Waals surface area contributed by atoms with Gasteiger partial charge in [0.25, 0.3) is 5.91 Å². The molecule has 1 fully saturated rings. The summed E-state index contributed by atoms with van der Waals surface area (Å²) in [5.74, 6) is 0.270. The Labute approximate surface area is 142 Å². The molecule has 1 aliphatic rings. The molecule has 0 bridgehead atoms. The second-order valence-electron chi connectivity index (χ2n) is 4.84. The van der Waals surface area contributed by atoms with Crippen molar-refractivity contribution in [1.82, 2.24) is 5.32 Å². The highest BCUT2D eigenvalue weighted by molar-refractivity contribution is 8.26. The van der Waals surface area contributed by atoms with Gasteiger partial charge in [-0.1, -0.05) is 48.2 Å². The number of nitrogens with one attached hydrogen (secondary N) is 1. The van der Waals surface area contributed by atoms with Crippen molar-refractivity contribution in [3.05, 3.63) is 70.4 Å². The maximum absolute atomic E-state index is 12.8. The summed E-state index contributed by atoms with van der Waals surface area (Å²) in [4.78, 5) is 12.2. The molecule has 0 spiro atoms. The van der Waals surface area contributed by atoms with Crippen LogP contribution < -0.4 is 10.1 Å². The van der Waals surface area contributed by atoms with Gasteiger partial charge in [0.1, 0.15) is 22.5 Å². The Kier molecular flexibility index (Phi) is 4.73. The minimum absolute atomic E-state index is 0.170. The van der Waals surface area contributed by atoms with Crippen LogP contribution in [0.3, 0.4) is 0 Å². The van der Waals surface area contributed by atoms with Crippen LogP contribution in [0.15, 0.2) is 53.4 Å². The average Bonchev–Trinajstić information content (AvgIpc) is 2.86. The van der Waals surface area contributed by atoms with Crippen LogP contribution in [0, 0.1) is 5.82 Å². The van der Waals surface area contributed by atoms with E-state index in [1.165, 1.54) is 23.9 Å². The molecule has 116 valence electrons. The number of thiocarbonyl (C=S) groups is 1. The Balaban J connectivity index is 1.63. The minimum atomic E-state index is -0.264. The first kappa shape index (κ1) is 15.7. The summed E-state index contributed by atoms with van der Waals surface area (Å²) >= 11 is 6.20. The largest absolute Gasteiger partial charge is 0.489 e. The maximum atomic E-state index is 12.8. The zero-order chi connectivity index (χ0) is 16.2. The van der Waals surface area contributed by atoms with Crippen molar-refractivity contribution in [2.24, 2.45) is 0 Å². The summed E-state index contributed by atoms with van der Waals surface area (Å²) in [6.45, 7) is 0.368. The highest BCUT2D eigenvalue weighted by Gasteiger charge is 2.21. The Morgan fingerprint density at radius 1 is 1.13 bits per heavy atom. The molecule has 0 saturated carbocycles. The van der Waals surface area contributed by atoms with E-state index in [0.29, 0.717) is 21.6 Å². The van der Waals surface area contributed by atoms with Crippen LogP contribution in [0.4, 0.5) is 4.39 Å². The molecule has 1 heterocycles. The lowest BCUT2D eigenvalue weighted by Crippen LogP contribution is -2.17. The molecular formula is C17H12FNO2S2. The molecule has 3 rings (SSSR count). The van der Waals surface area contributed by atoms with Crippen LogP contribution in [0.5, 0.6) is 5.75 Å². The Hall–Kier alpha value is -2.18. The molecule has 0 unspecified atom stereocenters. The fourth-order valence-electron chi connectivity index (χ4n) is 1.98. The van der Waals surface area contributed by atoms with Crippen LogP contribution >= 0.6 is 24.0 Å². The zero-order valence-corrected chi connectivity index (χ0v) is 13.5. The van der Waals surface area contributed by atoms with Gasteiger partial charge in [-0.3, -0.25) is 4.79 Å². The molecule has 6 heteroatoms. The van der Waals surface area contributed by atoms with Crippen LogP contribution in [-0.4, -0.2) is 10.2 Å². The number of rotatable bonds is 4. The molecule has 0 atom stereocenters. The third-order valence-electron chi connectivity index (χ3n) is 3.14. The Morgan fingerprint density at radius 3 is 2.43 bits per heavy atom. The van der Waals surface area contributed by atoms with E-state index >= 15 is 0 Å². The summed E-state index contributed by atoms with van der Waals surface area (Å²) < 4.78 is 18.9. The first-order valence-electron chi connectivity index (χ1n) is 6.82. The van der Waals surface area contributed by atoms with Gasteiger partial charge in [0, 0.05) is 0 Å². The molecule has 0 radical (unpaired) electrons. The van der Waals surface area contributed by atoms with Crippen LogP contribution in [0.2, 0.25) is 0 Å². The predicted molar refractivity (Wildman–Crippen MR) is 93.5 cm³/mol. The molecule has 2 aromatic carbocycles. The van der Waals surface area contributed by atoms with Crippen molar-refractivity contribution < 1.29 is 13.9 Å². The maximum Gasteiger partial charge on any atom is 0.263 e. The number of thioether (sulfide) groups is 1. The van der Waals surface area contributed by atoms with Crippen molar-refractivity contribution in [3.63, 3.8) is 0 Å². The smallest absolute Gasteiger partial charge is 0.263 e. The molecule has 1 N–H and O–H groups in total. The summed E-state index contributed by atoms with van der Waals surface area (Å²) in [5, 5.41) is 2.58. The Bertz CT molecular complexity index is 770. The summed E-state index contributed by atoms with van der Waals surface area (Å²) in [6, 6.07) is 13.6. The van der Waals surface area contributed by atoms with Crippen molar-refractivity contribution in [2.45, 2.75) is 6.61 Å². The second-order valence-corrected chi connectivity index (χ2v) is 6.56. The number of amides is 1. The number of carbonyl (C=O) groups excluding carboxylic acids is 1. The van der Waals surface area contributed by atoms with Crippen LogP contribution in [0.1, 0.15) is 11.1 Å². The average molecular weight is 345 g/mol. The van der Waals surface area contributed by atoms with E-state index in [0.717, 1.165) is 11.1 Å². The van der Waals surface area contributed by atoms with Gasteiger partial charge in [0.2, 0.25) is 0 Å². The molecule has 23 heavy (non-hydrogen) atoms. The van der Waals surface area contributed by atoms with E-state index in [9.17, 15) is 9.18 Å². The van der Waals surface area contributed by atoms with Gasteiger partial charge in [0.15, 0.2) is 0 Å². The molecular weight excluding hydrogens is 333 g/mol. The monoisotopic (exact) mass is 345 g/mol. The normalized spacial score (nSPS) is 15.8. The van der Waals surface area contributed by atoms with E-state index in [-0.39, 0.29) is 11.7 Å². The lowest BCUT2D eigenvalue weighted by molar-refractivity contribution is -0.115. The molecule has 1 saturated heterocycles. The van der Waals surface area contributed by atoms with E-state index in [1.54, 1.807) is 18.2 Å². The van der Waals surface area contributed by atoms with Crippen molar-refractivity contribution in [1.29, 1.82) is 0 Å². The number of halogens is 1. The number of carbonyl (C=O) groups is 1. The van der Waals surface area contributed by atoms with E-state index in [4.69, 9.17) is 17.0 Å². The SMILES string of the molecule is O=C1NC(=S)SC1=Cc1ccc(OCc2ccc(F)cc2)cc1. The van der Waals surface area contributed by atoms with Gasteiger partial charge in [0.05, 0.1) is 4.91 Å². The number of ether oxygens (including phenoxy) is 1. The van der Waals surface area contributed by atoms with Gasteiger partial charge in [-0.05, 0) is 41.5 Å². The second kappa shape index (κ2) is 6.93. The standard InChI is InChI=1S/C17H12FNO2S2/c18-13-5-1-12(2-6-13)10-21-14-7-3-11(4-8-14)9-15-16(20)19-17(22)23-15/h1-9H,10H2,(H,19,20,22). The highest BCUT2D eigenvalue weighted by atomic mass is 32.2. The molecule has 3 nitrogen and oxygen atoms in total. The first-order valence-corrected chi connectivity index (χ1v) is 8.05. The van der Waals surface area contributed by atoms with Gasteiger partial charge in [-0.15, -0.1) is 0 Å². The van der Waals surface area contributed by atoms with Crippen molar-refractivity contribution in [2.75, 3.05) is 0 Å². The van der Waals surface area contributed by atoms with Gasteiger partial charge >= 0.3 is 0 Å².